The third-order valence-corrected chi connectivity index (χ3v) is 3.09. The quantitative estimate of drug-likeness (QED) is 0.770. The molecule has 2 rings (SSSR count). The summed E-state index contributed by atoms with van der Waals surface area (Å²) in [7, 11) is 0. The fraction of sp³-hybridized carbons (Fsp3) is 0.267. The molecule has 0 saturated carbocycles. The number of hydrogen-bond acceptors (Lipinski definition) is 2. The Kier molecular flexibility index (Phi) is 4.21. The molecule has 0 N–H and O–H groups in total. The van der Waals surface area contributed by atoms with Crippen molar-refractivity contribution >= 4 is 11.6 Å². The van der Waals surface area contributed by atoms with Crippen LogP contribution in [-0.2, 0) is 5.88 Å². The van der Waals surface area contributed by atoms with Crippen molar-refractivity contribution in [3.8, 4) is 17.0 Å². The molecule has 0 bridgehead atoms. The van der Waals surface area contributed by atoms with Crippen molar-refractivity contribution in [3.63, 3.8) is 0 Å². The maximum Gasteiger partial charge on any atom is 0.119 e. The van der Waals surface area contributed by atoms with Gasteiger partial charge in [0.15, 0.2) is 0 Å². The SMILES string of the molecule is CCOc1ccc(-c2ccc(CCl)c(C)n2)cc1. The molecule has 0 amide bonds. The van der Waals surface area contributed by atoms with Gasteiger partial charge in [-0.3, -0.25) is 4.98 Å². The molecule has 1 heterocycles. The zero-order chi connectivity index (χ0) is 13.0. The van der Waals surface area contributed by atoms with Crippen LogP contribution in [-0.4, -0.2) is 11.6 Å². The van der Waals surface area contributed by atoms with Crippen LogP contribution < -0.4 is 4.74 Å². The van der Waals surface area contributed by atoms with E-state index < -0.39 is 0 Å². The van der Waals surface area contributed by atoms with Crippen molar-refractivity contribution in [1.29, 1.82) is 0 Å². The summed E-state index contributed by atoms with van der Waals surface area (Å²) >= 11 is 5.83. The second kappa shape index (κ2) is 5.87. The van der Waals surface area contributed by atoms with Gasteiger partial charge >= 0.3 is 0 Å². The minimum Gasteiger partial charge on any atom is -0.494 e. The van der Waals surface area contributed by atoms with Gasteiger partial charge in [-0.25, -0.2) is 0 Å². The predicted octanol–water partition coefficient (Wildman–Crippen LogP) is 4.19. The van der Waals surface area contributed by atoms with E-state index in [0.717, 1.165) is 28.3 Å². The summed E-state index contributed by atoms with van der Waals surface area (Å²) in [5.41, 5.74) is 4.11. The molecule has 0 aliphatic rings. The van der Waals surface area contributed by atoms with Crippen molar-refractivity contribution in [2.45, 2.75) is 19.7 Å². The van der Waals surface area contributed by atoms with Gasteiger partial charge in [-0.2, -0.15) is 0 Å². The molecule has 0 atom stereocenters. The maximum absolute atomic E-state index is 5.83. The van der Waals surface area contributed by atoms with E-state index in [1.54, 1.807) is 0 Å². The number of ether oxygens (including phenoxy) is 1. The van der Waals surface area contributed by atoms with E-state index in [4.69, 9.17) is 16.3 Å². The van der Waals surface area contributed by atoms with Gasteiger partial charge in [-0.15, -0.1) is 11.6 Å². The van der Waals surface area contributed by atoms with Crippen LogP contribution >= 0.6 is 11.6 Å². The average molecular weight is 262 g/mol. The maximum atomic E-state index is 5.83. The Bertz CT molecular complexity index is 523. The monoisotopic (exact) mass is 261 g/mol. The van der Waals surface area contributed by atoms with Gasteiger partial charge in [0.2, 0.25) is 0 Å². The van der Waals surface area contributed by atoms with Crippen LogP contribution in [0.4, 0.5) is 0 Å². The Morgan fingerprint density at radius 1 is 1.11 bits per heavy atom. The Morgan fingerprint density at radius 3 is 2.39 bits per heavy atom. The summed E-state index contributed by atoms with van der Waals surface area (Å²) in [6, 6.07) is 12.0. The number of pyridine rings is 1. The lowest BCUT2D eigenvalue weighted by Crippen LogP contribution is -1.93. The van der Waals surface area contributed by atoms with E-state index >= 15 is 0 Å². The highest BCUT2D eigenvalue weighted by Gasteiger charge is 2.03. The molecule has 0 unspecified atom stereocenters. The normalized spacial score (nSPS) is 10.4. The van der Waals surface area contributed by atoms with Gasteiger partial charge in [0, 0.05) is 17.1 Å². The molecular formula is C15H16ClNO. The second-order valence-corrected chi connectivity index (χ2v) is 4.30. The van der Waals surface area contributed by atoms with Crippen molar-refractivity contribution in [1.82, 2.24) is 4.98 Å². The number of hydrogen-bond donors (Lipinski definition) is 0. The third kappa shape index (κ3) is 2.82. The van der Waals surface area contributed by atoms with Gasteiger partial charge in [0.1, 0.15) is 5.75 Å². The topological polar surface area (TPSA) is 22.1 Å². The van der Waals surface area contributed by atoms with Crippen molar-refractivity contribution in [3.05, 3.63) is 47.7 Å². The number of rotatable bonds is 4. The van der Waals surface area contributed by atoms with Crippen molar-refractivity contribution in [2.24, 2.45) is 0 Å². The molecule has 2 nitrogen and oxygen atoms in total. The highest BCUT2D eigenvalue weighted by molar-refractivity contribution is 6.17. The minimum absolute atomic E-state index is 0.502. The molecule has 0 aliphatic heterocycles. The molecule has 1 aromatic carbocycles. The number of aryl methyl sites for hydroxylation is 1. The van der Waals surface area contributed by atoms with Crippen LogP contribution in [0.5, 0.6) is 5.75 Å². The largest absolute Gasteiger partial charge is 0.494 e. The molecule has 0 spiro atoms. The third-order valence-electron chi connectivity index (χ3n) is 2.80. The zero-order valence-corrected chi connectivity index (χ0v) is 11.4. The summed E-state index contributed by atoms with van der Waals surface area (Å²) in [6.45, 7) is 4.64. The van der Waals surface area contributed by atoms with E-state index in [1.807, 2.05) is 50.2 Å². The molecule has 94 valence electrons. The highest BCUT2D eigenvalue weighted by Crippen LogP contribution is 2.22. The van der Waals surface area contributed by atoms with Crippen LogP contribution in [0.25, 0.3) is 11.3 Å². The van der Waals surface area contributed by atoms with E-state index in [0.29, 0.717) is 12.5 Å². The fourth-order valence-corrected chi connectivity index (χ4v) is 2.06. The molecule has 0 saturated heterocycles. The smallest absolute Gasteiger partial charge is 0.119 e. The Morgan fingerprint density at radius 2 is 1.83 bits per heavy atom. The molecule has 0 aliphatic carbocycles. The first-order valence-corrected chi connectivity index (χ1v) is 6.53. The van der Waals surface area contributed by atoms with Crippen molar-refractivity contribution < 1.29 is 4.74 Å². The van der Waals surface area contributed by atoms with Crippen LogP contribution in [0.1, 0.15) is 18.2 Å². The molecular weight excluding hydrogens is 246 g/mol. The lowest BCUT2D eigenvalue weighted by atomic mass is 10.1. The summed E-state index contributed by atoms with van der Waals surface area (Å²) < 4.78 is 5.42. The molecule has 3 heteroatoms. The summed E-state index contributed by atoms with van der Waals surface area (Å²) in [4.78, 5) is 4.56. The highest BCUT2D eigenvalue weighted by atomic mass is 35.5. The number of halogens is 1. The van der Waals surface area contributed by atoms with Gasteiger partial charge in [-0.1, -0.05) is 6.07 Å². The first kappa shape index (κ1) is 12.9. The summed E-state index contributed by atoms with van der Waals surface area (Å²) in [5, 5.41) is 0. The summed E-state index contributed by atoms with van der Waals surface area (Å²) in [6.07, 6.45) is 0. The van der Waals surface area contributed by atoms with E-state index in [1.165, 1.54) is 0 Å². The van der Waals surface area contributed by atoms with Crippen molar-refractivity contribution in [2.75, 3.05) is 6.61 Å². The first-order valence-electron chi connectivity index (χ1n) is 6.00. The Balaban J connectivity index is 2.28. The molecule has 0 fully saturated rings. The van der Waals surface area contributed by atoms with Gasteiger partial charge in [-0.05, 0) is 49.7 Å². The van der Waals surface area contributed by atoms with Gasteiger partial charge in [0.25, 0.3) is 0 Å². The lowest BCUT2D eigenvalue weighted by Gasteiger charge is -2.07. The zero-order valence-electron chi connectivity index (χ0n) is 10.6. The molecule has 18 heavy (non-hydrogen) atoms. The number of benzene rings is 1. The minimum atomic E-state index is 0.502. The average Bonchev–Trinajstić information content (AvgIpc) is 2.40. The number of nitrogens with zero attached hydrogens (tertiary/aromatic N) is 1. The molecule has 2 aromatic rings. The van der Waals surface area contributed by atoms with Gasteiger partial charge < -0.3 is 4.74 Å². The standard InChI is InChI=1S/C15H16ClNO/c1-3-18-14-7-4-12(5-8-14)15-9-6-13(10-16)11(2)17-15/h4-9H,3,10H2,1-2H3. The van der Waals surface area contributed by atoms with E-state index in [9.17, 15) is 0 Å². The fourth-order valence-electron chi connectivity index (χ4n) is 1.78. The molecule has 1 aromatic heterocycles. The Hall–Kier alpha value is -1.54. The van der Waals surface area contributed by atoms with Gasteiger partial charge in [0.05, 0.1) is 12.3 Å². The van der Waals surface area contributed by atoms with Crippen LogP contribution in [0.15, 0.2) is 36.4 Å². The Labute approximate surface area is 113 Å². The second-order valence-electron chi connectivity index (χ2n) is 4.03. The molecule has 0 radical (unpaired) electrons. The van der Waals surface area contributed by atoms with E-state index in [2.05, 4.69) is 4.98 Å². The van der Waals surface area contributed by atoms with Crippen LogP contribution in [0.2, 0.25) is 0 Å². The first-order chi connectivity index (χ1) is 8.74. The van der Waals surface area contributed by atoms with E-state index in [-0.39, 0.29) is 0 Å². The number of alkyl halides is 1. The van der Waals surface area contributed by atoms with Crippen LogP contribution in [0, 0.1) is 6.92 Å². The lowest BCUT2D eigenvalue weighted by molar-refractivity contribution is 0.340. The number of aromatic nitrogens is 1. The summed E-state index contributed by atoms with van der Waals surface area (Å²) in [5.74, 6) is 1.39. The predicted molar refractivity (Wildman–Crippen MR) is 75.1 cm³/mol. The van der Waals surface area contributed by atoms with Crippen LogP contribution in [0.3, 0.4) is 0 Å².